The Morgan fingerprint density at radius 1 is 1.39 bits per heavy atom. The highest BCUT2D eigenvalue weighted by molar-refractivity contribution is 5.79. The van der Waals surface area contributed by atoms with E-state index in [1.165, 1.54) is 16.8 Å². The average molecular weight is 244 g/mol. The van der Waals surface area contributed by atoms with Gasteiger partial charge in [-0.25, -0.2) is 0 Å². The van der Waals surface area contributed by atoms with Crippen molar-refractivity contribution < 1.29 is 4.79 Å². The van der Waals surface area contributed by atoms with E-state index in [0.29, 0.717) is 11.9 Å². The Balaban J connectivity index is 2.00. The van der Waals surface area contributed by atoms with Crippen LogP contribution in [0.3, 0.4) is 0 Å². The third-order valence-electron chi connectivity index (χ3n) is 4.03. The molecule has 1 aromatic carbocycles. The fourth-order valence-electron chi connectivity index (χ4n) is 3.17. The van der Waals surface area contributed by atoms with E-state index in [-0.39, 0.29) is 6.04 Å². The molecule has 0 aliphatic carbocycles. The van der Waals surface area contributed by atoms with E-state index >= 15 is 0 Å². The molecule has 2 atom stereocenters. The summed E-state index contributed by atoms with van der Waals surface area (Å²) >= 11 is 0. The van der Waals surface area contributed by atoms with Gasteiger partial charge in [-0.15, -0.1) is 0 Å². The standard InChI is InChI=1S/C15H20N2O/c1-10-5-6-13-12(8-10)14(9-11(2)16-13)17-7-3-4-15(17)18/h5-6,8,11,14,16H,3-4,7,9H2,1-2H3/t11-,14+/m1/s1. The van der Waals surface area contributed by atoms with Gasteiger partial charge in [-0.2, -0.15) is 0 Å². The number of likely N-dealkylation sites (tertiary alicyclic amines) is 1. The van der Waals surface area contributed by atoms with Crippen LogP contribution in [0.25, 0.3) is 0 Å². The first-order chi connectivity index (χ1) is 8.65. The Labute approximate surface area is 108 Å². The first kappa shape index (κ1) is 11.6. The van der Waals surface area contributed by atoms with E-state index in [9.17, 15) is 4.79 Å². The van der Waals surface area contributed by atoms with Crippen molar-refractivity contribution in [2.75, 3.05) is 11.9 Å². The van der Waals surface area contributed by atoms with Crippen molar-refractivity contribution in [3.05, 3.63) is 29.3 Å². The molecule has 1 amide bonds. The Kier molecular flexibility index (Phi) is 2.77. The van der Waals surface area contributed by atoms with E-state index in [1.807, 2.05) is 0 Å². The van der Waals surface area contributed by atoms with Crippen molar-refractivity contribution >= 4 is 11.6 Å². The van der Waals surface area contributed by atoms with E-state index in [0.717, 1.165) is 25.8 Å². The van der Waals surface area contributed by atoms with E-state index in [4.69, 9.17) is 0 Å². The third-order valence-corrected chi connectivity index (χ3v) is 4.03. The molecule has 0 bridgehead atoms. The number of hydrogen-bond donors (Lipinski definition) is 1. The maximum absolute atomic E-state index is 12.0. The summed E-state index contributed by atoms with van der Waals surface area (Å²) in [5, 5.41) is 3.52. The normalized spacial score (nSPS) is 27.0. The highest BCUT2D eigenvalue weighted by Gasteiger charge is 2.33. The molecule has 0 radical (unpaired) electrons. The monoisotopic (exact) mass is 244 g/mol. The number of carbonyl (C=O) groups excluding carboxylic acids is 1. The molecule has 0 saturated carbocycles. The molecule has 2 heterocycles. The van der Waals surface area contributed by atoms with Gasteiger partial charge in [0, 0.05) is 24.7 Å². The Morgan fingerprint density at radius 2 is 2.22 bits per heavy atom. The number of hydrogen-bond acceptors (Lipinski definition) is 2. The molecule has 3 heteroatoms. The minimum Gasteiger partial charge on any atom is -0.382 e. The van der Waals surface area contributed by atoms with Crippen molar-refractivity contribution in [1.82, 2.24) is 4.90 Å². The number of rotatable bonds is 1. The summed E-state index contributed by atoms with van der Waals surface area (Å²) in [5.74, 6) is 0.321. The molecule has 18 heavy (non-hydrogen) atoms. The van der Waals surface area contributed by atoms with E-state index in [1.54, 1.807) is 0 Å². The molecule has 96 valence electrons. The fraction of sp³-hybridized carbons (Fsp3) is 0.533. The lowest BCUT2D eigenvalue weighted by atomic mass is 9.91. The summed E-state index contributed by atoms with van der Waals surface area (Å²) in [6.45, 7) is 5.22. The lowest BCUT2D eigenvalue weighted by Crippen LogP contribution is -2.37. The van der Waals surface area contributed by atoms with Crippen LogP contribution in [0.1, 0.15) is 43.4 Å². The van der Waals surface area contributed by atoms with Crippen molar-refractivity contribution in [2.45, 2.75) is 45.2 Å². The van der Waals surface area contributed by atoms with Crippen LogP contribution in [-0.4, -0.2) is 23.4 Å². The van der Waals surface area contributed by atoms with Gasteiger partial charge >= 0.3 is 0 Å². The molecule has 1 saturated heterocycles. The Hall–Kier alpha value is -1.51. The summed E-state index contributed by atoms with van der Waals surface area (Å²) < 4.78 is 0. The maximum Gasteiger partial charge on any atom is 0.223 e. The lowest BCUT2D eigenvalue weighted by molar-refractivity contribution is -0.130. The van der Waals surface area contributed by atoms with Crippen molar-refractivity contribution in [1.29, 1.82) is 0 Å². The molecule has 1 aromatic rings. The summed E-state index contributed by atoms with van der Waals surface area (Å²) in [6, 6.07) is 7.20. The zero-order chi connectivity index (χ0) is 12.7. The SMILES string of the molecule is Cc1ccc2c(c1)[C@@H](N1CCCC1=O)C[C@@H](C)N2. The molecule has 2 aliphatic heterocycles. The molecule has 0 spiro atoms. The number of fused-ring (bicyclic) bond motifs is 1. The number of carbonyl (C=O) groups is 1. The number of nitrogens with one attached hydrogen (secondary N) is 1. The highest BCUT2D eigenvalue weighted by Crippen LogP contribution is 2.38. The van der Waals surface area contributed by atoms with Crippen molar-refractivity contribution in [2.24, 2.45) is 0 Å². The number of aryl methyl sites for hydroxylation is 1. The highest BCUT2D eigenvalue weighted by atomic mass is 16.2. The summed E-state index contributed by atoms with van der Waals surface area (Å²) in [4.78, 5) is 14.1. The van der Waals surface area contributed by atoms with Gasteiger partial charge in [-0.1, -0.05) is 17.7 Å². The molecular formula is C15H20N2O. The van der Waals surface area contributed by atoms with Gasteiger partial charge < -0.3 is 10.2 Å². The molecule has 1 N–H and O–H groups in total. The zero-order valence-corrected chi connectivity index (χ0v) is 11.1. The van der Waals surface area contributed by atoms with Gasteiger partial charge in [-0.05, 0) is 38.3 Å². The fourth-order valence-corrected chi connectivity index (χ4v) is 3.17. The minimum absolute atomic E-state index is 0.270. The molecule has 0 aromatic heterocycles. The topological polar surface area (TPSA) is 32.3 Å². The Bertz CT molecular complexity index is 483. The smallest absolute Gasteiger partial charge is 0.223 e. The van der Waals surface area contributed by atoms with Gasteiger partial charge in [0.1, 0.15) is 0 Å². The second kappa shape index (κ2) is 4.30. The van der Waals surface area contributed by atoms with Crippen LogP contribution in [0.4, 0.5) is 5.69 Å². The van der Waals surface area contributed by atoms with Gasteiger partial charge in [-0.3, -0.25) is 4.79 Å². The zero-order valence-electron chi connectivity index (χ0n) is 11.1. The predicted molar refractivity (Wildman–Crippen MR) is 72.6 cm³/mol. The second-order valence-electron chi connectivity index (χ2n) is 5.58. The average Bonchev–Trinajstić information content (AvgIpc) is 2.75. The largest absolute Gasteiger partial charge is 0.382 e. The molecule has 1 fully saturated rings. The van der Waals surface area contributed by atoms with Gasteiger partial charge in [0.25, 0.3) is 0 Å². The number of anilines is 1. The first-order valence-electron chi connectivity index (χ1n) is 6.81. The van der Waals surface area contributed by atoms with Crippen LogP contribution in [0.5, 0.6) is 0 Å². The second-order valence-corrected chi connectivity index (χ2v) is 5.58. The molecular weight excluding hydrogens is 224 g/mol. The molecule has 3 rings (SSSR count). The molecule has 2 aliphatic rings. The quantitative estimate of drug-likeness (QED) is 0.824. The van der Waals surface area contributed by atoms with Crippen LogP contribution < -0.4 is 5.32 Å². The maximum atomic E-state index is 12.0. The van der Waals surface area contributed by atoms with Crippen LogP contribution >= 0.6 is 0 Å². The van der Waals surface area contributed by atoms with Gasteiger partial charge in [0.2, 0.25) is 5.91 Å². The lowest BCUT2D eigenvalue weighted by Gasteiger charge is -2.37. The van der Waals surface area contributed by atoms with Crippen LogP contribution in [0.2, 0.25) is 0 Å². The number of nitrogens with zero attached hydrogens (tertiary/aromatic N) is 1. The summed E-state index contributed by atoms with van der Waals surface area (Å²) in [5.41, 5.74) is 3.76. The predicted octanol–water partition coefficient (Wildman–Crippen LogP) is 2.86. The summed E-state index contributed by atoms with van der Waals surface area (Å²) in [7, 11) is 0. The molecule has 0 unspecified atom stereocenters. The van der Waals surface area contributed by atoms with Crippen molar-refractivity contribution in [3.8, 4) is 0 Å². The summed E-state index contributed by atoms with van der Waals surface area (Å²) in [6.07, 6.45) is 2.75. The van der Waals surface area contributed by atoms with Crippen LogP contribution in [-0.2, 0) is 4.79 Å². The minimum atomic E-state index is 0.270. The van der Waals surface area contributed by atoms with Gasteiger partial charge in [0.15, 0.2) is 0 Å². The third kappa shape index (κ3) is 1.88. The van der Waals surface area contributed by atoms with Gasteiger partial charge in [0.05, 0.1) is 6.04 Å². The van der Waals surface area contributed by atoms with E-state index < -0.39 is 0 Å². The van der Waals surface area contributed by atoms with Crippen LogP contribution in [0.15, 0.2) is 18.2 Å². The van der Waals surface area contributed by atoms with E-state index in [2.05, 4.69) is 42.3 Å². The van der Waals surface area contributed by atoms with Crippen molar-refractivity contribution in [3.63, 3.8) is 0 Å². The number of benzene rings is 1. The first-order valence-corrected chi connectivity index (χ1v) is 6.81. The number of amides is 1. The molecule has 3 nitrogen and oxygen atoms in total. The Morgan fingerprint density at radius 3 is 2.94 bits per heavy atom. The van der Waals surface area contributed by atoms with Crippen LogP contribution in [0, 0.1) is 6.92 Å².